The average Bonchev–Trinajstić information content (AvgIpc) is 3.00. The maximum atomic E-state index is 2.71. The van der Waals surface area contributed by atoms with Crippen molar-refractivity contribution in [3.05, 3.63) is 84.9 Å². The van der Waals surface area contributed by atoms with Crippen LogP contribution in [0.3, 0.4) is 0 Å². The third-order valence-electron chi connectivity index (χ3n) is 11.3. The van der Waals surface area contributed by atoms with Crippen molar-refractivity contribution in [1.82, 2.24) is 0 Å². The second-order valence-corrected chi connectivity index (χ2v) is 12.7. The molecule has 6 heteroatoms. The summed E-state index contributed by atoms with van der Waals surface area (Å²) in [7, 11) is 9.26. The minimum atomic E-state index is 0.390. The predicted molar refractivity (Wildman–Crippen MR) is 173 cm³/mol. The van der Waals surface area contributed by atoms with Crippen molar-refractivity contribution in [2.24, 2.45) is 0 Å². The lowest BCUT2D eigenvalue weighted by Gasteiger charge is -2.60. The van der Waals surface area contributed by atoms with E-state index < -0.39 is 0 Å². The molecule has 0 aromatic heterocycles. The zero-order valence-electron chi connectivity index (χ0n) is 23.8. The van der Waals surface area contributed by atoms with E-state index in [9.17, 15) is 0 Å². The topological polar surface area (TPSA) is 13.0 Å². The molecule has 4 heterocycles. The van der Waals surface area contributed by atoms with Gasteiger partial charge in [0.05, 0.1) is 0 Å². The van der Waals surface area contributed by atoms with E-state index in [0.29, 0.717) is 37.1 Å². The van der Waals surface area contributed by atoms with Crippen molar-refractivity contribution in [1.29, 1.82) is 0 Å². The van der Waals surface area contributed by atoms with Gasteiger partial charge in [0.15, 0.2) is 0 Å². The maximum Gasteiger partial charge on any atom is 0.224 e. The van der Waals surface area contributed by atoms with E-state index in [4.69, 9.17) is 0 Å². The van der Waals surface area contributed by atoms with E-state index in [1.807, 2.05) is 0 Å². The molecule has 0 radical (unpaired) electrons. The van der Waals surface area contributed by atoms with Gasteiger partial charge in [-0.15, -0.1) is 0 Å². The highest BCUT2D eigenvalue weighted by Gasteiger charge is 2.59. The van der Waals surface area contributed by atoms with E-state index in [2.05, 4.69) is 133 Å². The van der Waals surface area contributed by atoms with E-state index in [0.717, 1.165) is 0 Å². The molecule has 4 atom stereocenters. The lowest BCUT2D eigenvalue weighted by Crippen LogP contribution is -2.72. The Kier molecular flexibility index (Phi) is 4.54. The Bertz CT molecular complexity index is 1700. The number of anilines is 6. The first-order valence-corrected chi connectivity index (χ1v) is 14.9. The first-order valence-electron chi connectivity index (χ1n) is 14.9. The summed E-state index contributed by atoms with van der Waals surface area (Å²) in [5.74, 6) is 1.07. The van der Waals surface area contributed by atoms with Gasteiger partial charge in [-0.25, -0.2) is 0 Å². The molecule has 4 aliphatic heterocycles. The second kappa shape index (κ2) is 7.90. The molecule has 196 valence electrons. The Balaban J connectivity index is 1.30. The fourth-order valence-corrected chi connectivity index (χ4v) is 9.81. The minimum absolute atomic E-state index is 0.390. The van der Waals surface area contributed by atoms with E-state index in [-0.39, 0.29) is 0 Å². The van der Waals surface area contributed by atoms with Gasteiger partial charge in [0.25, 0.3) is 0 Å². The molecule has 0 amide bonds. The summed E-state index contributed by atoms with van der Waals surface area (Å²) in [5.41, 5.74) is 14.4. The second-order valence-electron chi connectivity index (χ2n) is 12.7. The normalized spacial score (nSPS) is 25.0. The molecule has 4 unspecified atom stereocenters. The van der Waals surface area contributed by atoms with Gasteiger partial charge < -0.3 is 19.6 Å². The van der Waals surface area contributed by atoms with Crippen LogP contribution in [0.15, 0.2) is 84.9 Å². The van der Waals surface area contributed by atoms with Gasteiger partial charge in [-0.1, -0.05) is 65.9 Å². The molecule has 0 bridgehead atoms. The summed E-state index contributed by atoms with van der Waals surface area (Å²) in [5, 5.41) is 0. The number of hydrogen-bond donors (Lipinski definition) is 0. The molecule has 4 nitrogen and oxygen atoms in total. The molecule has 40 heavy (non-hydrogen) atoms. The van der Waals surface area contributed by atoms with Crippen LogP contribution in [-0.2, 0) is 0 Å². The number of rotatable bonds is 0. The zero-order chi connectivity index (χ0) is 26.9. The van der Waals surface area contributed by atoms with Gasteiger partial charge in [0.1, 0.15) is 0 Å². The van der Waals surface area contributed by atoms with E-state index >= 15 is 0 Å². The Morgan fingerprint density at radius 2 is 1.02 bits per heavy atom. The van der Waals surface area contributed by atoms with Crippen LogP contribution in [0, 0.1) is 0 Å². The van der Waals surface area contributed by atoms with Gasteiger partial charge in [-0.2, -0.15) is 0 Å². The first kappa shape index (κ1) is 23.0. The molecule has 1 saturated carbocycles. The number of benzene rings is 4. The van der Waals surface area contributed by atoms with Crippen molar-refractivity contribution in [2.75, 3.05) is 47.8 Å². The monoisotopic (exact) mass is 520 g/mol. The highest BCUT2D eigenvalue weighted by molar-refractivity contribution is 6.93. The molecule has 1 fully saturated rings. The van der Waals surface area contributed by atoms with Gasteiger partial charge in [0.2, 0.25) is 13.4 Å². The molecular weight excluding hydrogens is 486 g/mol. The summed E-state index contributed by atoms with van der Waals surface area (Å²) >= 11 is 0. The lowest BCUT2D eigenvalue weighted by atomic mass is 9.21. The summed E-state index contributed by atoms with van der Waals surface area (Å²) in [6, 6.07) is 33.4. The molecular formula is C34H34B2N4. The standard InChI is InChI=1S/C34H34B2N4/c1-37-24-13-7-5-11-21(24)35-23-19-20-30-33(34(23)40(4)29-18-10-15-26(37)31(29)35)36-22-12-6-8-14-25(22)38(2)27-16-9-17-28(32(27)36)39(30)3/h5-18,23,30,33-34H,19-20H2,1-4H3. The predicted octanol–water partition coefficient (Wildman–Crippen LogP) is 3.94. The molecule has 5 aliphatic rings. The molecule has 0 saturated heterocycles. The molecule has 1 aliphatic carbocycles. The minimum Gasteiger partial charge on any atom is -0.373 e. The first-order chi connectivity index (χ1) is 19.6. The van der Waals surface area contributed by atoms with Gasteiger partial charge >= 0.3 is 0 Å². The lowest BCUT2D eigenvalue weighted by molar-refractivity contribution is 0.362. The Labute approximate surface area is 238 Å². The van der Waals surface area contributed by atoms with Crippen molar-refractivity contribution in [3.63, 3.8) is 0 Å². The molecule has 0 spiro atoms. The number of hydrogen-bond acceptors (Lipinski definition) is 4. The number of para-hydroxylation sites is 2. The maximum absolute atomic E-state index is 2.71. The van der Waals surface area contributed by atoms with Crippen LogP contribution in [0.25, 0.3) is 0 Å². The summed E-state index contributed by atoms with van der Waals surface area (Å²) in [6.45, 7) is 0.825. The van der Waals surface area contributed by atoms with Gasteiger partial charge in [-0.3, -0.25) is 0 Å². The van der Waals surface area contributed by atoms with Crippen LogP contribution >= 0.6 is 0 Å². The van der Waals surface area contributed by atoms with Crippen LogP contribution in [0.1, 0.15) is 12.8 Å². The molecule has 4 aromatic rings. The zero-order valence-corrected chi connectivity index (χ0v) is 23.8. The van der Waals surface area contributed by atoms with Crippen LogP contribution in [0.5, 0.6) is 0 Å². The van der Waals surface area contributed by atoms with Gasteiger partial charge in [0, 0.05) is 74.4 Å². The third kappa shape index (κ3) is 2.65. The number of nitrogens with zero attached hydrogens (tertiary/aromatic N) is 4. The van der Waals surface area contributed by atoms with Crippen molar-refractivity contribution in [3.8, 4) is 0 Å². The Hall–Kier alpha value is -3.79. The molecule has 9 rings (SSSR count). The highest BCUT2D eigenvalue weighted by atomic mass is 15.2. The fraction of sp³-hybridized carbons (Fsp3) is 0.294. The van der Waals surface area contributed by atoms with Gasteiger partial charge in [-0.05, 0) is 65.4 Å². The Morgan fingerprint density at radius 1 is 0.525 bits per heavy atom. The third-order valence-corrected chi connectivity index (χ3v) is 11.3. The summed E-state index contributed by atoms with van der Waals surface area (Å²) in [4.78, 5) is 10.2. The summed E-state index contributed by atoms with van der Waals surface area (Å²) < 4.78 is 0. The number of fused-ring (bicyclic) bond motifs is 9. The van der Waals surface area contributed by atoms with Crippen LogP contribution in [-0.4, -0.2) is 53.7 Å². The van der Waals surface area contributed by atoms with Crippen molar-refractivity contribution < 1.29 is 0 Å². The smallest absolute Gasteiger partial charge is 0.224 e. The van der Waals surface area contributed by atoms with Crippen LogP contribution in [0.2, 0.25) is 11.6 Å². The fourth-order valence-electron chi connectivity index (χ4n) is 9.81. The van der Waals surface area contributed by atoms with Crippen molar-refractivity contribution in [2.45, 2.75) is 36.6 Å². The van der Waals surface area contributed by atoms with Crippen LogP contribution < -0.4 is 41.5 Å². The van der Waals surface area contributed by atoms with Crippen molar-refractivity contribution >= 4 is 69.4 Å². The molecule has 0 N–H and O–H groups in total. The Morgan fingerprint density at radius 3 is 1.68 bits per heavy atom. The van der Waals surface area contributed by atoms with Crippen LogP contribution in [0.4, 0.5) is 34.1 Å². The van der Waals surface area contributed by atoms with E-state index in [1.165, 1.54) is 63.4 Å². The SMILES string of the molecule is CN1c2ccccc2B2c3c1cccc3N(C)C1CCC3B4c5ccccc5N(C)c5cccc(c54)N(C)C3C21. The molecule has 4 aromatic carbocycles. The average molecular weight is 520 g/mol. The largest absolute Gasteiger partial charge is 0.373 e. The summed E-state index contributed by atoms with van der Waals surface area (Å²) in [6.07, 6.45) is 2.49. The quantitative estimate of drug-likeness (QED) is 0.326. The van der Waals surface area contributed by atoms with E-state index in [1.54, 1.807) is 5.46 Å². The highest BCUT2D eigenvalue weighted by Crippen LogP contribution is 2.53.